The summed E-state index contributed by atoms with van der Waals surface area (Å²) in [7, 11) is 0. The summed E-state index contributed by atoms with van der Waals surface area (Å²) < 4.78 is 5.31. The second-order valence-corrected chi connectivity index (χ2v) is 5.63. The monoisotopic (exact) mass is 242 g/mol. The minimum Gasteiger partial charge on any atom is -0.482 e. The smallest absolute Gasteiger partial charge is 0.262 e. The Hall–Kier alpha value is -2.02. The van der Waals surface area contributed by atoms with E-state index in [0.717, 1.165) is 12.0 Å². The van der Waals surface area contributed by atoms with Gasteiger partial charge in [0.05, 0.1) is 17.2 Å². The summed E-state index contributed by atoms with van der Waals surface area (Å²) >= 11 is 0. The number of ether oxygens (including phenoxy) is 1. The third-order valence-electron chi connectivity index (χ3n) is 4.03. The number of benzene rings is 1. The number of nitrogens with zero attached hydrogens (tertiary/aromatic N) is 1. The first kappa shape index (κ1) is 11.1. The molecule has 1 N–H and O–H groups in total. The first-order valence-electron chi connectivity index (χ1n) is 5.97. The summed E-state index contributed by atoms with van der Waals surface area (Å²) in [5.74, 6) is 0.519. The lowest BCUT2D eigenvalue weighted by molar-refractivity contribution is -0.118. The van der Waals surface area contributed by atoms with E-state index in [-0.39, 0.29) is 17.9 Å². The van der Waals surface area contributed by atoms with E-state index in [2.05, 4.69) is 25.2 Å². The van der Waals surface area contributed by atoms with E-state index in [9.17, 15) is 10.1 Å². The molecule has 1 fully saturated rings. The van der Waals surface area contributed by atoms with Crippen LogP contribution in [-0.2, 0) is 10.2 Å². The Labute approximate surface area is 106 Å². The third kappa shape index (κ3) is 1.34. The van der Waals surface area contributed by atoms with E-state index in [1.807, 2.05) is 18.2 Å². The van der Waals surface area contributed by atoms with Gasteiger partial charge in [0.25, 0.3) is 5.91 Å². The number of carbonyl (C=O) groups is 1. The Kier molecular flexibility index (Phi) is 2.01. The van der Waals surface area contributed by atoms with Crippen molar-refractivity contribution in [2.24, 2.45) is 5.41 Å². The molecule has 4 heteroatoms. The molecule has 1 atom stereocenters. The molecule has 3 rings (SSSR count). The lowest BCUT2D eigenvalue weighted by Crippen LogP contribution is -2.25. The van der Waals surface area contributed by atoms with Crippen molar-refractivity contribution in [3.63, 3.8) is 0 Å². The fourth-order valence-electron chi connectivity index (χ4n) is 2.72. The fourth-order valence-corrected chi connectivity index (χ4v) is 2.72. The molecule has 4 nitrogen and oxygen atoms in total. The SMILES string of the molecule is CC1(C)CC1(C#N)c1ccc2c(c1)NC(=O)CO2. The van der Waals surface area contributed by atoms with Crippen LogP contribution < -0.4 is 10.1 Å². The molecule has 0 spiro atoms. The van der Waals surface area contributed by atoms with Gasteiger partial charge in [-0.25, -0.2) is 0 Å². The van der Waals surface area contributed by atoms with Gasteiger partial charge in [0.15, 0.2) is 6.61 Å². The van der Waals surface area contributed by atoms with Crippen LogP contribution in [0.5, 0.6) is 5.75 Å². The highest BCUT2D eigenvalue weighted by Gasteiger charge is 2.63. The van der Waals surface area contributed by atoms with Gasteiger partial charge in [-0.1, -0.05) is 19.9 Å². The number of nitrogens with one attached hydrogen (secondary N) is 1. The maximum atomic E-state index is 11.3. The van der Waals surface area contributed by atoms with Crippen LogP contribution in [0.3, 0.4) is 0 Å². The van der Waals surface area contributed by atoms with Gasteiger partial charge >= 0.3 is 0 Å². The minimum atomic E-state index is -0.426. The molecule has 0 bridgehead atoms. The first-order valence-corrected chi connectivity index (χ1v) is 5.97. The van der Waals surface area contributed by atoms with Gasteiger partial charge in [-0.15, -0.1) is 0 Å². The normalized spacial score (nSPS) is 27.5. The fraction of sp³-hybridized carbons (Fsp3) is 0.429. The number of amides is 1. The van der Waals surface area contributed by atoms with Gasteiger partial charge in [0.2, 0.25) is 0 Å². The molecule has 1 amide bonds. The average molecular weight is 242 g/mol. The largest absolute Gasteiger partial charge is 0.482 e. The molecule has 1 unspecified atom stereocenters. The van der Waals surface area contributed by atoms with Crippen LogP contribution >= 0.6 is 0 Å². The topological polar surface area (TPSA) is 62.1 Å². The van der Waals surface area contributed by atoms with E-state index in [1.54, 1.807) is 0 Å². The zero-order valence-electron chi connectivity index (χ0n) is 10.4. The molecular weight excluding hydrogens is 228 g/mol. The lowest BCUT2D eigenvalue weighted by Gasteiger charge is -2.20. The first-order chi connectivity index (χ1) is 8.48. The summed E-state index contributed by atoms with van der Waals surface area (Å²) in [6, 6.07) is 8.04. The molecular formula is C14H14N2O2. The Morgan fingerprint density at radius 2 is 2.17 bits per heavy atom. The number of fused-ring (bicyclic) bond motifs is 1. The van der Waals surface area contributed by atoms with Gasteiger partial charge < -0.3 is 10.1 Å². The predicted molar refractivity (Wildman–Crippen MR) is 66.3 cm³/mol. The van der Waals surface area contributed by atoms with E-state index >= 15 is 0 Å². The van der Waals surface area contributed by atoms with E-state index in [1.165, 1.54) is 0 Å². The number of hydrogen-bond donors (Lipinski definition) is 1. The van der Waals surface area contributed by atoms with E-state index in [0.29, 0.717) is 11.4 Å². The maximum absolute atomic E-state index is 11.3. The van der Waals surface area contributed by atoms with Crippen molar-refractivity contribution >= 4 is 11.6 Å². The van der Waals surface area contributed by atoms with Crippen molar-refractivity contribution in [2.45, 2.75) is 25.7 Å². The summed E-state index contributed by atoms with van der Waals surface area (Å²) in [6.07, 6.45) is 0.851. The number of nitriles is 1. The second-order valence-electron chi connectivity index (χ2n) is 5.63. The average Bonchev–Trinajstić information content (AvgIpc) is 2.92. The van der Waals surface area contributed by atoms with Crippen molar-refractivity contribution in [3.05, 3.63) is 23.8 Å². The maximum Gasteiger partial charge on any atom is 0.262 e. The van der Waals surface area contributed by atoms with Crippen LogP contribution in [-0.4, -0.2) is 12.5 Å². The minimum absolute atomic E-state index is 0.00444. The van der Waals surface area contributed by atoms with E-state index < -0.39 is 5.41 Å². The van der Waals surface area contributed by atoms with Crippen molar-refractivity contribution < 1.29 is 9.53 Å². The Bertz CT molecular complexity index is 586. The molecule has 18 heavy (non-hydrogen) atoms. The number of rotatable bonds is 1. The molecule has 0 saturated heterocycles. The quantitative estimate of drug-likeness (QED) is 0.821. The molecule has 1 saturated carbocycles. The molecule has 1 aliphatic carbocycles. The Balaban J connectivity index is 2.04. The number of hydrogen-bond acceptors (Lipinski definition) is 3. The van der Waals surface area contributed by atoms with Gasteiger partial charge in [-0.05, 0) is 29.5 Å². The summed E-state index contributed by atoms with van der Waals surface area (Å²) in [5, 5.41) is 12.2. The van der Waals surface area contributed by atoms with Crippen molar-refractivity contribution in [1.29, 1.82) is 5.26 Å². The number of anilines is 1. The van der Waals surface area contributed by atoms with Gasteiger partial charge in [0, 0.05) is 0 Å². The molecule has 1 aromatic rings. The van der Waals surface area contributed by atoms with Crippen LogP contribution in [0.4, 0.5) is 5.69 Å². The van der Waals surface area contributed by atoms with Gasteiger partial charge in [0.1, 0.15) is 5.75 Å². The highest BCUT2D eigenvalue weighted by Crippen LogP contribution is 2.64. The second kappa shape index (κ2) is 3.26. The van der Waals surface area contributed by atoms with Gasteiger partial charge in [-0.3, -0.25) is 4.79 Å². The van der Waals surface area contributed by atoms with Crippen LogP contribution in [0.1, 0.15) is 25.8 Å². The predicted octanol–water partition coefficient (Wildman–Crippen LogP) is 2.21. The third-order valence-corrected chi connectivity index (χ3v) is 4.03. The molecule has 1 aliphatic heterocycles. The van der Waals surface area contributed by atoms with Crippen molar-refractivity contribution in [2.75, 3.05) is 11.9 Å². The lowest BCUT2D eigenvalue weighted by atomic mass is 9.89. The molecule has 1 heterocycles. The van der Waals surface area contributed by atoms with Crippen LogP contribution in [0.2, 0.25) is 0 Å². The summed E-state index contributed by atoms with van der Waals surface area (Å²) in [4.78, 5) is 11.3. The molecule has 0 aromatic heterocycles. The molecule has 92 valence electrons. The Morgan fingerprint density at radius 1 is 1.44 bits per heavy atom. The van der Waals surface area contributed by atoms with Crippen LogP contribution in [0, 0.1) is 16.7 Å². The Morgan fingerprint density at radius 3 is 2.78 bits per heavy atom. The van der Waals surface area contributed by atoms with Gasteiger partial charge in [-0.2, -0.15) is 5.26 Å². The van der Waals surface area contributed by atoms with E-state index in [4.69, 9.17) is 4.74 Å². The molecule has 1 aromatic carbocycles. The van der Waals surface area contributed by atoms with Crippen molar-refractivity contribution in [3.8, 4) is 11.8 Å². The standard InChI is InChI=1S/C14H14N2O2/c1-13(2)7-14(13,8-15)9-3-4-11-10(5-9)16-12(17)6-18-11/h3-5H,6-7H2,1-2H3,(H,16,17). The molecule has 0 radical (unpaired) electrons. The van der Waals surface area contributed by atoms with Crippen LogP contribution in [0.15, 0.2) is 18.2 Å². The highest BCUT2D eigenvalue weighted by atomic mass is 16.5. The van der Waals surface area contributed by atoms with Crippen molar-refractivity contribution in [1.82, 2.24) is 0 Å². The zero-order chi connectivity index (χ0) is 13.0. The van der Waals surface area contributed by atoms with Crippen LogP contribution in [0.25, 0.3) is 0 Å². The summed E-state index contributed by atoms with van der Waals surface area (Å²) in [6.45, 7) is 4.23. The summed E-state index contributed by atoms with van der Waals surface area (Å²) in [5.41, 5.74) is 1.19. The highest BCUT2D eigenvalue weighted by molar-refractivity contribution is 5.95. The molecule has 2 aliphatic rings. The zero-order valence-corrected chi connectivity index (χ0v) is 10.4. The number of carbonyl (C=O) groups excluding carboxylic acids is 1.